The number of allylic oxidation sites excluding steroid dienone is 1. The zero-order valence-corrected chi connectivity index (χ0v) is 28.2. The fourth-order valence-corrected chi connectivity index (χ4v) is 9.67. The first kappa shape index (κ1) is 34.5. The van der Waals surface area contributed by atoms with Gasteiger partial charge in [-0.3, -0.25) is 4.79 Å². The standard InChI is InChI=1S/C27H46O.C11H13NO4/c1-18(2)7-6-8-19(3)23-11-12-24-22-10-9-20-17-21(28)13-15-26(20,4)25(22)14-16-27(23,24)5;1-8(10(13)14)12-11(15)16-7-9-5-3-2-4-6-9/h9,18-19,21-25,28H,6-8,10-17H2,1-5H3;2-6,8H,7H2,1H3,(H,12,15)(H,13,14)/t19-,21+,22+,23-,24+,25+,26+,27-;8-/m10/s1. The molecule has 0 aromatic heterocycles. The lowest BCUT2D eigenvalue weighted by molar-refractivity contribution is -0.138. The van der Waals surface area contributed by atoms with Gasteiger partial charge >= 0.3 is 12.1 Å². The number of carboxylic acid groups (broad SMARTS) is 1. The van der Waals surface area contributed by atoms with Gasteiger partial charge in [-0.05, 0) is 110 Å². The number of hydrogen-bond donors (Lipinski definition) is 3. The van der Waals surface area contributed by atoms with E-state index in [9.17, 15) is 14.7 Å². The van der Waals surface area contributed by atoms with Crippen molar-refractivity contribution >= 4 is 12.1 Å². The van der Waals surface area contributed by atoms with Crippen molar-refractivity contribution in [3.8, 4) is 0 Å². The van der Waals surface area contributed by atoms with Crippen LogP contribution in [0.15, 0.2) is 42.0 Å². The summed E-state index contributed by atoms with van der Waals surface area (Å²) in [5.41, 5.74) is 3.45. The third kappa shape index (κ3) is 7.89. The highest BCUT2D eigenvalue weighted by molar-refractivity contribution is 5.79. The van der Waals surface area contributed by atoms with Crippen LogP contribution in [0.2, 0.25) is 0 Å². The van der Waals surface area contributed by atoms with Crippen LogP contribution in [-0.4, -0.2) is 34.4 Å². The van der Waals surface area contributed by atoms with Gasteiger partial charge in [0, 0.05) is 0 Å². The van der Waals surface area contributed by atoms with Crippen molar-refractivity contribution < 1.29 is 24.5 Å². The summed E-state index contributed by atoms with van der Waals surface area (Å²) in [6.45, 7) is 14.1. The van der Waals surface area contributed by atoms with Gasteiger partial charge in [-0.2, -0.15) is 0 Å². The molecule has 9 atom stereocenters. The van der Waals surface area contributed by atoms with E-state index in [1.807, 2.05) is 30.3 Å². The fraction of sp³-hybridized carbons (Fsp3) is 0.737. The molecule has 3 N–H and O–H groups in total. The van der Waals surface area contributed by atoms with Crippen LogP contribution in [0.25, 0.3) is 0 Å². The smallest absolute Gasteiger partial charge is 0.408 e. The molecule has 3 fully saturated rings. The van der Waals surface area contributed by atoms with E-state index in [2.05, 4.69) is 46.0 Å². The van der Waals surface area contributed by atoms with Crippen molar-refractivity contribution in [1.82, 2.24) is 5.32 Å². The predicted octanol–water partition coefficient (Wildman–Crippen LogP) is 8.77. The lowest BCUT2D eigenvalue weighted by Crippen LogP contribution is -2.50. The molecule has 0 unspecified atom stereocenters. The third-order valence-electron chi connectivity index (χ3n) is 12.2. The molecular weight excluding hydrogens is 550 g/mol. The Morgan fingerprint density at radius 2 is 1.70 bits per heavy atom. The highest BCUT2D eigenvalue weighted by Crippen LogP contribution is 2.67. The van der Waals surface area contributed by atoms with Crippen molar-refractivity contribution in [3.63, 3.8) is 0 Å². The Balaban J connectivity index is 0.000000236. The molecule has 44 heavy (non-hydrogen) atoms. The van der Waals surface area contributed by atoms with Crippen LogP contribution in [0.3, 0.4) is 0 Å². The molecule has 3 saturated carbocycles. The number of fused-ring (bicyclic) bond motifs is 5. The first-order chi connectivity index (χ1) is 20.8. The van der Waals surface area contributed by atoms with E-state index >= 15 is 0 Å². The molecule has 246 valence electrons. The molecule has 0 spiro atoms. The number of rotatable bonds is 9. The monoisotopic (exact) mass is 609 g/mol. The summed E-state index contributed by atoms with van der Waals surface area (Å²) in [7, 11) is 0. The SMILES string of the molecule is CC(C)CCC[C@@H](C)[C@H]1CC[C@H]2[C@@H]3CC=C4C[C@@H](O)CC[C@]4(C)[C@H]3CC[C@]12C.C[C@H](NC(=O)OCc1ccccc1)C(=O)O. The normalized spacial score (nSPS) is 33.8. The fourth-order valence-electron chi connectivity index (χ4n) is 9.67. The number of carboxylic acids is 1. The van der Waals surface area contributed by atoms with Gasteiger partial charge in [-0.15, -0.1) is 0 Å². The third-order valence-corrected chi connectivity index (χ3v) is 12.2. The maximum Gasteiger partial charge on any atom is 0.408 e. The molecule has 0 bridgehead atoms. The predicted molar refractivity (Wildman–Crippen MR) is 176 cm³/mol. The lowest BCUT2D eigenvalue weighted by atomic mass is 9.47. The Bertz CT molecular complexity index is 1130. The van der Waals surface area contributed by atoms with Crippen molar-refractivity contribution in [2.45, 2.75) is 131 Å². The first-order valence-corrected chi connectivity index (χ1v) is 17.4. The lowest BCUT2D eigenvalue weighted by Gasteiger charge is -2.58. The summed E-state index contributed by atoms with van der Waals surface area (Å²) in [4.78, 5) is 21.6. The number of carbonyl (C=O) groups is 2. The summed E-state index contributed by atoms with van der Waals surface area (Å²) in [5, 5.41) is 20.9. The van der Waals surface area contributed by atoms with E-state index in [1.54, 1.807) is 5.57 Å². The number of alkyl carbamates (subject to hydrolysis) is 1. The van der Waals surface area contributed by atoms with Crippen molar-refractivity contribution in [2.24, 2.45) is 46.3 Å². The highest BCUT2D eigenvalue weighted by atomic mass is 16.5. The van der Waals surface area contributed by atoms with Gasteiger partial charge in [0.25, 0.3) is 0 Å². The van der Waals surface area contributed by atoms with Crippen molar-refractivity contribution in [3.05, 3.63) is 47.5 Å². The number of benzene rings is 1. The molecule has 0 heterocycles. The number of aliphatic hydroxyl groups is 1. The maximum atomic E-state index is 11.1. The van der Waals surface area contributed by atoms with E-state index in [0.29, 0.717) is 10.8 Å². The Kier molecular flexibility index (Phi) is 11.6. The topological polar surface area (TPSA) is 95.9 Å². The van der Waals surface area contributed by atoms with Crippen LogP contribution in [0, 0.1) is 46.3 Å². The van der Waals surface area contributed by atoms with Gasteiger partial charge in [-0.25, -0.2) is 4.79 Å². The second-order valence-corrected chi connectivity index (χ2v) is 15.5. The van der Waals surface area contributed by atoms with Crippen LogP contribution < -0.4 is 5.32 Å². The largest absolute Gasteiger partial charge is 0.480 e. The molecule has 5 rings (SSSR count). The highest BCUT2D eigenvalue weighted by Gasteiger charge is 2.59. The van der Waals surface area contributed by atoms with Crippen LogP contribution >= 0.6 is 0 Å². The van der Waals surface area contributed by atoms with E-state index in [1.165, 1.54) is 64.7 Å². The van der Waals surface area contributed by atoms with E-state index in [-0.39, 0.29) is 12.7 Å². The molecule has 1 aromatic carbocycles. The molecular formula is C38H59NO5. The van der Waals surface area contributed by atoms with Crippen LogP contribution in [0.1, 0.15) is 118 Å². The minimum atomic E-state index is -1.10. The second kappa shape index (κ2) is 14.8. The van der Waals surface area contributed by atoms with Gasteiger partial charge in [0.2, 0.25) is 0 Å². The Hall–Kier alpha value is -2.34. The number of carbonyl (C=O) groups excluding carboxylic acids is 1. The van der Waals surface area contributed by atoms with E-state index < -0.39 is 18.1 Å². The Morgan fingerprint density at radius 1 is 0.977 bits per heavy atom. The minimum Gasteiger partial charge on any atom is -0.480 e. The molecule has 1 amide bonds. The molecule has 4 aliphatic rings. The number of aliphatic hydroxyl groups excluding tert-OH is 1. The van der Waals surface area contributed by atoms with Crippen molar-refractivity contribution in [2.75, 3.05) is 0 Å². The Labute approximate surface area is 266 Å². The summed E-state index contributed by atoms with van der Waals surface area (Å²) in [6.07, 6.45) is 16.4. The van der Waals surface area contributed by atoms with Gasteiger partial charge < -0.3 is 20.3 Å². The van der Waals surface area contributed by atoms with E-state index in [0.717, 1.165) is 53.9 Å². The van der Waals surface area contributed by atoms with Gasteiger partial charge in [0.15, 0.2) is 0 Å². The zero-order chi connectivity index (χ0) is 32.1. The molecule has 0 saturated heterocycles. The van der Waals surface area contributed by atoms with Gasteiger partial charge in [-0.1, -0.05) is 95.9 Å². The quantitative estimate of drug-likeness (QED) is 0.243. The summed E-state index contributed by atoms with van der Waals surface area (Å²) in [6, 6.07) is 8.19. The average Bonchev–Trinajstić information content (AvgIpc) is 3.34. The summed E-state index contributed by atoms with van der Waals surface area (Å²) < 4.78 is 4.84. The number of nitrogens with one attached hydrogen (secondary N) is 1. The summed E-state index contributed by atoms with van der Waals surface area (Å²) in [5.74, 6) is 4.36. The zero-order valence-electron chi connectivity index (χ0n) is 28.2. The molecule has 6 heteroatoms. The average molecular weight is 610 g/mol. The number of aliphatic carboxylic acids is 1. The van der Waals surface area contributed by atoms with Crippen LogP contribution in [0.4, 0.5) is 4.79 Å². The number of amides is 1. The maximum absolute atomic E-state index is 11.1. The minimum absolute atomic E-state index is 0.0766. The van der Waals surface area contributed by atoms with Gasteiger partial charge in [0.1, 0.15) is 12.6 Å². The van der Waals surface area contributed by atoms with Gasteiger partial charge in [0.05, 0.1) is 6.10 Å². The first-order valence-electron chi connectivity index (χ1n) is 17.4. The van der Waals surface area contributed by atoms with Crippen LogP contribution in [0.5, 0.6) is 0 Å². The molecule has 6 nitrogen and oxygen atoms in total. The van der Waals surface area contributed by atoms with E-state index in [4.69, 9.17) is 9.84 Å². The molecule has 0 radical (unpaired) electrons. The second-order valence-electron chi connectivity index (χ2n) is 15.5. The number of ether oxygens (including phenoxy) is 1. The number of hydrogen-bond acceptors (Lipinski definition) is 4. The molecule has 1 aromatic rings. The summed E-state index contributed by atoms with van der Waals surface area (Å²) >= 11 is 0. The van der Waals surface area contributed by atoms with Crippen LogP contribution in [-0.2, 0) is 16.1 Å². The Morgan fingerprint density at radius 3 is 2.39 bits per heavy atom. The molecule has 0 aliphatic heterocycles. The van der Waals surface area contributed by atoms with Crippen molar-refractivity contribution in [1.29, 1.82) is 0 Å². The molecule has 4 aliphatic carbocycles.